The summed E-state index contributed by atoms with van der Waals surface area (Å²) in [6, 6.07) is 12.3. The van der Waals surface area contributed by atoms with Crippen molar-refractivity contribution in [2.45, 2.75) is 39.4 Å². The Morgan fingerprint density at radius 1 is 1.15 bits per heavy atom. The quantitative estimate of drug-likeness (QED) is 0.526. The average Bonchev–Trinajstić information content (AvgIpc) is 2.82. The van der Waals surface area contributed by atoms with Crippen LogP contribution < -0.4 is 4.90 Å². The van der Waals surface area contributed by atoms with Crippen molar-refractivity contribution in [1.29, 1.82) is 5.26 Å². The molecule has 4 rings (SSSR count). The first-order valence-corrected chi connectivity index (χ1v) is 11.2. The lowest BCUT2D eigenvalue weighted by atomic mass is 9.86. The average molecular weight is 449 g/mol. The Bertz CT molecular complexity index is 1100. The van der Waals surface area contributed by atoms with Crippen molar-refractivity contribution in [3.8, 4) is 17.3 Å². The molecule has 1 fully saturated rings. The van der Waals surface area contributed by atoms with Gasteiger partial charge < -0.3 is 19.3 Å². The lowest BCUT2D eigenvalue weighted by Gasteiger charge is -2.38. The Morgan fingerprint density at radius 3 is 2.48 bits per heavy atom. The highest BCUT2D eigenvalue weighted by molar-refractivity contribution is 6.32. The molecular formula is C25H28N4O4. The van der Waals surface area contributed by atoms with E-state index in [4.69, 9.17) is 14.5 Å². The minimum atomic E-state index is -0.829. The van der Waals surface area contributed by atoms with Gasteiger partial charge in [-0.1, -0.05) is 30.3 Å². The molecule has 172 valence electrons. The molecule has 1 aromatic heterocycles. The molecule has 2 aliphatic rings. The maximum absolute atomic E-state index is 12.3. The van der Waals surface area contributed by atoms with Gasteiger partial charge in [-0.2, -0.15) is 5.26 Å². The number of rotatable bonds is 3. The third-order valence-electron chi connectivity index (χ3n) is 6.08. The summed E-state index contributed by atoms with van der Waals surface area (Å²) in [6.45, 7) is 7.95. The highest BCUT2D eigenvalue weighted by Gasteiger charge is 2.34. The number of hydrogen-bond donors (Lipinski definition) is 0. The van der Waals surface area contributed by atoms with E-state index in [0.29, 0.717) is 50.6 Å². The zero-order valence-electron chi connectivity index (χ0n) is 19.3. The molecule has 1 saturated heterocycles. The molecule has 0 N–H and O–H groups in total. The van der Waals surface area contributed by atoms with Crippen LogP contribution in [-0.4, -0.2) is 60.1 Å². The third-order valence-corrected chi connectivity index (χ3v) is 6.08. The molecule has 1 aromatic carbocycles. The fourth-order valence-electron chi connectivity index (χ4n) is 4.38. The SMILES string of the molecule is CCOC(=O)C(=O)N1CCN(c2nc(-c3ccccc3)c3c(c2C#N)CC(C)(C)OC3)CC1. The molecule has 3 heterocycles. The van der Waals surface area contributed by atoms with E-state index in [0.717, 1.165) is 22.4 Å². The number of anilines is 1. The number of benzene rings is 1. The van der Waals surface area contributed by atoms with Gasteiger partial charge in [-0.15, -0.1) is 0 Å². The van der Waals surface area contributed by atoms with Gasteiger partial charge in [-0.25, -0.2) is 9.78 Å². The second-order valence-corrected chi connectivity index (χ2v) is 8.82. The smallest absolute Gasteiger partial charge is 0.397 e. The van der Waals surface area contributed by atoms with Crippen LogP contribution in [0, 0.1) is 11.3 Å². The number of pyridine rings is 1. The first-order valence-electron chi connectivity index (χ1n) is 11.2. The van der Waals surface area contributed by atoms with Crippen LogP contribution in [0.5, 0.6) is 0 Å². The lowest BCUT2D eigenvalue weighted by molar-refractivity contribution is -0.160. The van der Waals surface area contributed by atoms with Crippen LogP contribution in [-0.2, 0) is 32.1 Å². The van der Waals surface area contributed by atoms with Crippen LogP contribution in [0.15, 0.2) is 30.3 Å². The van der Waals surface area contributed by atoms with Crippen molar-refractivity contribution in [3.05, 3.63) is 47.0 Å². The van der Waals surface area contributed by atoms with Crippen LogP contribution in [0.25, 0.3) is 11.3 Å². The number of carbonyl (C=O) groups is 2. The second-order valence-electron chi connectivity index (χ2n) is 8.82. The summed E-state index contributed by atoms with van der Waals surface area (Å²) in [5.41, 5.74) is 3.90. The summed E-state index contributed by atoms with van der Waals surface area (Å²) in [7, 11) is 0. The van der Waals surface area contributed by atoms with E-state index in [1.54, 1.807) is 6.92 Å². The zero-order chi connectivity index (χ0) is 23.6. The van der Waals surface area contributed by atoms with Gasteiger partial charge in [0.05, 0.1) is 30.1 Å². The molecule has 33 heavy (non-hydrogen) atoms. The van der Waals surface area contributed by atoms with E-state index in [9.17, 15) is 14.9 Å². The Morgan fingerprint density at radius 2 is 1.85 bits per heavy atom. The van der Waals surface area contributed by atoms with Gasteiger partial charge in [0.2, 0.25) is 0 Å². The zero-order valence-corrected chi connectivity index (χ0v) is 19.3. The molecule has 0 bridgehead atoms. The summed E-state index contributed by atoms with van der Waals surface area (Å²) in [5, 5.41) is 10.1. The second kappa shape index (κ2) is 9.20. The summed E-state index contributed by atoms with van der Waals surface area (Å²) in [6.07, 6.45) is 0.613. The molecule has 1 amide bonds. The minimum absolute atomic E-state index is 0.164. The molecule has 0 spiro atoms. The Kier molecular flexibility index (Phi) is 6.34. The van der Waals surface area contributed by atoms with Gasteiger partial charge in [0.15, 0.2) is 0 Å². The van der Waals surface area contributed by atoms with Crippen molar-refractivity contribution in [1.82, 2.24) is 9.88 Å². The van der Waals surface area contributed by atoms with E-state index < -0.39 is 11.9 Å². The number of ether oxygens (including phenoxy) is 2. The molecule has 0 unspecified atom stereocenters. The van der Waals surface area contributed by atoms with Gasteiger partial charge in [0.25, 0.3) is 0 Å². The molecule has 0 saturated carbocycles. The predicted molar refractivity (Wildman–Crippen MR) is 122 cm³/mol. The minimum Gasteiger partial charge on any atom is -0.459 e. The van der Waals surface area contributed by atoms with Crippen LogP contribution in [0.3, 0.4) is 0 Å². The predicted octanol–water partition coefficient (Wildman–Crippen LogP) is 2.68. The topological polar surface area (TPSA) is 95.8 Å². The monoisotopic (exact) mass is 448 g/mol. The number of esters is 1. The van der Waals surface area contributed by atoms with Crippen LogP contribution >= 0.6 is 0 Å². The van der Waals surface area contributed by atoms with Crippen LogP contribution in [0.1, 0.15) is 37.5 Å². The largest absolute Gasteiger partial charge is 0.459 e. The lowest BCUT2D eigenvalue weighted by Crippen LogP contribution is -2.51. The number of fused-ring (bicyclic) bond motifs is 1. The maximum atomic E-state index is 12.3. The Hall–Kier alpha value is -3.44. The number of carbonyl (C=O) groups excluding carboxylic acids is 2. The first-order chi connectivity index (χ1) is 15.8. The van der Waals surface area contributed by atoms with E-state index in [1.165, 1.54) is 4.90 Å². The Balaban J connectivity index is 1.70. The maximum Gasteiger partial charge on any atom is 0.397 e. The number of nitrogens with zero attached hydrogens (tertiary/aromatic N) is 4. The number of nitriles is 1. The molecule has 8 heteroatoms. The highest BCUT2D eigenvalue weighted by atomic mass is 16.5. The van der Waals surface area contributed by atoms with Gasteiger partial charge in [-0.3, -0.25) is 4.79 Å². The fourth-order valence-corrected chi connectivity index (χ4v) is 4.38. The molecule has 2 aromatic rings. The molecule has 2 aliphatic heterocycles. The van der Waals surface area contributed by atoms with Crippen molar-refractivity contribution in [3.63, 3.8) is 0 Å². The normalized spacial score (nSPS) is 17.2. The standard InChI is InChI=1S/C25H28N4O4/c1-4-32-24(31)23(30)29-12-10-28(11-13-29)22-19(15-26)18-14-25(2,3)33-16-20(18)21(27-22)17-8-6-5-7-9-17/h5-9H,4,10-14,16H2,1-3H3. The molecular weight excluding hydrogens is 420 g/mol. The molecule has 8 nitrogen and oxygen atoms in total. The first kappa shape index (κ1) is 22.7. The molecule has 0 radical (unpaired) electrons. The van der Waals surface area contributed by atoms with Gasteiger partial charge in [0, 0.05) is 43.7 Å². The fraction of sp³-hybridized carbons (Fsp3) is 0.440. The van der Waals surface area contributed by atoms with Crippen LogP contribution in [0.2, 0.25) is 0 Å². The molecule has 0 atom stereocenters. The van der Waals surface area contributed by atoms with Gasteiger partial charge in [-0.05, 0) is 26.3 Å². The summed E-state index contributed by atoms with van der Waals surface area (Å²) >= 11 is 0. The summed E-state index contributed by atoms with van der Waals surface area (Å²) in [4.78, 5) is 32.6. The van der Waals surface area contributed by atoms with Gasteiger partial charge in [0.1, 0.15) is 11.9 Å². The van der Waals surface area contributed by atoms with E-state index in [2.05, 4.69) is 6.07 Å². The third kappa shape index (κ3) is 4.55. The van der Waals surface area contributed by atoms with E-state index >= 15 is 0 Å². The summed E-state index contributed by atoms with van der Waals surface area (Å²) in [5.74, 6) is -0.834. The number of aromatic nitrogens is 1. The number of amides is 1. The van der Waals surface area contributed by atoms with E-state index in [1.807, 2.05) is 49.1 Å². The number of piperazine rings is 1. The van der Waals surface area contributed by atoms with Crippen LogP contribution in [0.4, 0.5) is 5.82 Å². The van der Waals surface area contributed by atoms with Crippen molar-refractivity contribution >= 4 is 17.7 Å². The van der Waals surface area contributed by atoms with Crippen molar-refractivity contribution in [2.75, 3.05) is 37.7 Å². The molecule has 0 aliphatic carbocycles. The highest BCUT2D eigenvalue weighted by Crippen LogP contribution is 2.39. The van der Waals surface area contributed by atoms with Crippen molar-refractivity contribution in [2.24, 2.45) is 0 Å². The summed E-state index contributed by atoms with van der Waals surface area (Å²) < 4.78 is 10.9. The number of hydrogen-bond acceptors (Lipinski definition) is 7. The van der Waals surface area contributed by atoms with Crippen molar-refractivity contribution < 1.29 is 19.1 Å². The van der Waals surface area contributed by atoms with E-state index in [-0.39, 0.29) is 12.2 Å². The van der Waals surface area contributed by atoms with Gasteiger partial charge >= 0.3 is 11.9 Å². The Labute approximate surface area is 193 Å².